The number of aliphatic carboxylic acids is 1. The lowest BCUT2D eigenvalue weighted by Crippen LogP contribution is -2.37. The number of fused-ring (bicyclic) bond motifs is 1. The molecule has 2 aliphatic rings. The molecule has 1 aromatic heterocycles. The van der Waals surface area contributed by atoms with Gasteiger partial charge < -0.3 is 14.9 Å². The quantitative estimate of drug-likeness (QED) is 0.928. The van der Waals surface area contributed by atoms with Crippen LogP contribution < -0.4 is 9.80 Å². The molecule has 2 aromatic rings. The van der Waals surface area contributed by atoms with Crippen molar-refractivity contribution >= 4 is 23.3 Å². The fraction of sp³-hybridized carbons (Fsp3) is 0.421. The standard InChI is InChI=1S/C19H22N4O2/c1-13-10-15-4-2-3-5-16(15)23(13)18-11-17(20-12-21-18)22-8-6-14(7-9-22)19(24)25/h2-5,11-14H,6-10H2,1H3,(H,24,25). The summed E-state index contributed by atoms with van der Waals surface area (Å²) < 4.78 is 0. The zero-order valence-corrected chi connectivity index (χ0v) is 14.3. The predicted octanol–water partition coefficient (Wildman–Crippen LogP) is 2.86. The summed E-state index contributed by atoms with van der Waals surface area (Å²) in [5, 5.41) is 9.15. The van der Waals surface area contributed by atoms with Crippen molar-refractivity contribution in [1.29, 1.82) is 0 Å². The first kappa shape index (κ1) is 15.9. The van der Waals surface area contributed by atoms with Gasteiger partial charge in [-0.05, 0) is 37.8 Å². The Bertz CT molecular complexity index is 786. The number of hydrogen-bond donors (Lipinski definition) is 1. The summed E-state index contributed by atoms with van der Waals surface area (Å²) in [6.45, 7) is 3.65. The average Bonchev–Trinajstić information content (AvgIpc) is 2.97. The molecule has 25 heavy (non-hydrogen) atoms. The van der Waals surface area contributed by atoms with Crippen molar-refractivity contribution in [2.24, 2.45) is 5.92 Å². The van der Waals surface area contributed by atoms with E-state index in [1.54, 1.807) is 6.33 Å². The van der Waals surface area contributed by atoms with Crippen LogP contribution in [-0.2, 0) is 11.2 Å². The molecule has 1 N–H and O–H groups in total. The summed E-state index contributed by atoms with van der Waals surface area (Å²) in [6.07, 6.45) is 3.95. The van der Waals surface area contributed by atoms with Gasteiger partial charge in [-0.3, -0.25) is 4.79 Å². The summed E-state index contributed by atoms with van der Waals surface area (Å²) in [7, 11) is 0. The Hall–Kier alpha value is -2.63. The molecule has 1 saturated heterocycles. The highest BCUT2D eigenvalue weighted by molar-refractivity contribution is 5.71. The Morgan fingerprint density at radius 1 is 1.16 bits per heavy atom. The summed E-state index contributed by atoms with van der Waals surface area (Å²) >= 11 is 0. The molecular weight excluding hydrogens is 316 g/mol. The third-order valence-electron chi connectivity index (χ3n) is 5.26. The van der Waals surface area contributed by atoms with E-state index >= 15 is 0 Å². The lowest BCUT2D eigenvalue weighted by atomic mass is 9.97. The highest BCUT2D eigenvalue weighted by Crippen LogP contribution is 2.37. The van der Waals surface area contributed by atoms with Crippen molar-refractivity contribution in [2.75, 3.05) is 22.9 Å². The number of piperidine rings is 1. The van der Waals surface area contributed by atoms with Crippen LogP contribution >= 0.6 is 0 Å². The molecule has 1 aromatic carbocycles. The topological polar surface area (TPSA) is 69.6 Å². The molecular formula is C19H22N4O2. The van der Waals surface area contributed by atoms with Crippen LogP contribution in [0.25, 0.3) is 0 Å². The maximum absolute atomic E-state index is 11.1. The Morgan fingerprint density at radius 2 is 1.88 bits per heavy atom. The predicted molar refractivity (Wildman–Crippen MR) is 96.4 cm³/mol. The van der Waals surface area contributed by atoms with Crippen LogP contribution in [0.3, 0.4) is 0 Å². The van der Waals surface area contributed by atoms with E-state index in [1.807, 2.05) is 6.07 Å². The maximum atomic E-state index is 11.1. The van der Waals surface area contributed by atoms with E-state index in [1.165, 1.54) is 11.3 Å². The normalized spacial score (nSPS) is 20.6. The summed E-state index contributed by atoms with van der Waals surface area (Å²) in [5.74, 6) is 0.863. The molecule has 4 rings (SSSR count). The molecule has 6 heteroatoms. The monoisotopic (exact) mass is 338 g/mol. The van der Waals surface area contributed by atoms with Crippen molar-refractivity contribution in [2.45, 2.75) is 32.2 Å². The van der Waals surface area contributed by atoms with Gasteiger partial charge in [0.25, 0.3) is 0 Å². The molecule has 2 aliphatic heterocycles. The number of benzene rings is 1. The number of carboxylic acid groups (broad SMARTS) is 1. The molecule has 0 aliphatic carbocycles. The van der Waals surface area contributed by atoms with Crippen molar-refractivity contribution in [3.8, 4) is 0 Å². The van der Waals surface area contributed by atoms with Gasteiger partial charge in [0.15, 0.2) is 0 Å². The number of rotatable bonds is 3. The Morgan fingerprint density at radius 3 is 2.64 bits per heavy atom. The van der Waals surface area contributed by atoms with Crippen LogP contribution in [0.2, 0.25) is 0 Å². The maximum Gasteiger partial charge on any atom is 0.306 e. The van der Waals surface area contributed by atoms with Crippen LogP contribution in [0.5, 0.6) is 0 Å². The minimum atomic E-state index is -0.689. The number of aromatic nitrogens is 2. The SMILES string of the molecule is CC1Cc2ccccc2N1c1cc(N2CCC(C(=O)O)CC2)ncn1. The zero-order valence-electron chi connectivity index (χ0n) is 14.3. The van der Waals surface area contributed by atoms with E-state index in [0.717, 1.165) is 31.1 Å². The molecule has 0 radical (unpaired) electrons. The highest BCUT2D eigenvalue weighted by Gasteiger charge is 2.29. The smallest absolute Gasteiger partial charge is 0.306 e. The van der Waals surface area contributed by atoms with Crippen molar-refractivity contribution < 1.29 is 9.90 Å². The van der Waals surface area contributed by atoms with Gasteiger partial charge in [-0.2, -0.15) is 0 Å². The molecule has 130 valence electrons. The Kier molecular flexibility index (Phi) is 4.03. The fourth-order valence-electron chi connectivity index (χ4n) is 3.91. The van der Waals surface area contributed by atoms with Crippen LogP contribution in [0.4, 0.5) is 17.3 Å². The van der Waals surface area contributed by atoms with Crippen molar-refractivity contribution in [3.05, 3.63) is 42.2 Å². The first-order valence-corrected chi connectivity index (χ1v) is 8.80. The second-order valence-corrected chi connectivity index (χ2v) is 6.89. The number of nitrogens with zero attached hydrogens (tertiary/aromatic N) is 4. The van der Waals surface area contributed by atoms with Crippen LogP contribution in [0, 0.1) is 5.92 Å². The second kappa shape index (κ2) is 6.35. The third kappa shape index (κ3) is 2.92. The minimum Gasteiger partial charge on any atom is -0.481 e. The number of para-hydroxylation sites is 1. The zero-order chi connectivity index (χ0) is 17.4. The molecule has 3 heterocycles. The van der Waals surface area contributed by atoms with E-state index in [4.69, 9.17) is 5.11 Å². The van der Waals surface area contributed by atoms with Gasteiger partial charge in [0.2, 0.25) is 0 Å². The van der Waals surface area contributed by atoms with Gasteiger partial charge >= 0.3 is 5.97 Å². The van der Waals surface area contributed by atoms with E-state index in [2.05, 4.69) is 51.0 Å². The second-order valence-electron chi connectivity index (χ2n) is 6.89. The summed E-state index contributed by atoms with van der Waals surface area (Å²) in [5.41, 5.74) is 2.56. The first-order chi connectivity index (χ1) is 12.1. The molecule has 0 bridgehead atoms. The van der Waals surface area contributed by atoms with Crippen LogP contribution in [0.15, 0.2) is 36.7 Å². The lowest BCUT2D eigenvalue weighted by molar-refractivity contribution is -0.142. The molecule has 0 spiro atoms. The van der Waals surface area contributed by atoms with E-state index < -0.39 is 5.97 Å². The van der Waals surface area contributed by atoms with Gasteiger partial charge in [0.05, 0.1) is 5.92 Å². The van der Waals surface area contributed by atoms with E-state index in [-0.39, 0.29) is 5.92 Å². The average molecular weight is 338 g/mol. The number of hydrogen-bond acceptors (Lipinski definition) is 5. The van der Waals surface area contributed by atoms with Gasteiger partial charge in [0, 0.05) is 30.9 Å². The first-order valence-electron chi connectivity index (χ1n) is 8.80. The van der Waals surface area contributed by atoms with Gasteiger partial charge in [-0.1, -0.05) is 18.2 Å². The number of carbonyl (C=O) groups is 1. The van der Waals surface area contributed by atoms with Crippen LogP contribution in [0.1, 0.15) is 25.3 Å². The molecule has 1 unspecified atom stereocenters. The summed E-state index contributed by atoms with van der Waals surface area (Å²) in [4.78, 5) is 24.5. The van der Waals surface area contributed by atoms with Crippen molar-refractivity contribution in [1.82, 2.24) is 9.97 Å². The van der Waals surface area contributed by atoms with Crippen LogP contribution in [-0.4, -0.2) is 40.2 Å². The highest BCUT2D eigenvalue weighted by atomic mass is 16.4. The molecule has 1 fully saturated rings. The van der Waals surface area contributed by atoms with E-state index in [0.29, 0.717) is 18.9 Å². The number of anilines is 3. The van der Waals surface area contributed by atoms with Gasteiger partial charge in [0.1, 0.15) is 18.0 Å². The molecule has 6 nitrogen and oxygen atoms in total. The molecule has 0 amide bonds. The molecule has 1 atom stereocenters. The minimum absolute atomic E-state index is 0.233. The Labute approximate surface area is 147 Å². The lowest BCUT2D eigenvalue weighted by Gasteiger charge is -2.32. The molecule has 0 saturated carbocycles. The van der Waals surface area contributed by atoms with Crippen molar-refractivity contribution in [3.63, 3.8) is 0 Å². The van der Waals surface area contributed by atoms with Gasteiger partial charge in [-0.15, -0.1) is 0 Å². The fourth-order valence-corrected chi connectivity index (χ4v) is 3.91. The number of carboxylic acids is 1. The van der Waals surface area contributed by atoms with Gasteiger partial charge in [-0.25, -0.2) is 9.97 Å². The third-order valence-corrected chi connectivity index (χ3v) is 5.26. The Balaban J connectivity index is 1.58. The summed E-state index contributed by atoms with van der Waals surface area (Å²) in [6, 6.07) is 10.8. The largest absolute Gasteiger partial charge is 0.481 e. The van der Waals surface area contributed by atoms with E-state index in [9.17, 15) is 4.79 Å².